The third-order valence-corrected chi connectivity index (χ3v) is 7.20. The average molecular weight is 462 g/mol. The molecular formula is C26H27N3O3S. The van der Waals surface area contributed by atoms with Gasteiger partial charge in [-0.05, 0) is 29.4 Å². The van der Waals surface area contributed by atoms with Gasteiger partial charge in [0, 0.05) is 25.2 Å². The first-order valence-electron chi connectivity index (χ1n) is 11.4. The molecule has 0 atom stereocenters. The molecule has 4 aromatic rings. The van der Waals surface area contributed by atoms with Crippen LogP contribution in [0, 0.1) is 0 Å². The summed E-state index contributed by atoms with van der Waals surface area (Å²) in [5, 5.41) is 2.98. The van der Waals surface area contributed by atoms with E-state index in [1.165, 1.54) is 11.3 Å². The molecule has 0 fully saturated rings. The lowest BCUT2D eigenvalue weighted by Crippen LogP contribution is -2.39. The first-order chi connectivity index (χ1) is 16.2. The van der Waals surface area contributed by atoms with Gasteiger partial charge in [0.15, 0.2) is 16.6 Å². The zero-order valence-corrected chi connectivity index (χ0v) is 19.7. The van der Waals surface area contributed by atoms with Gasteiger partial charge < -0.3 is 14.4 Å². The fourth-order valence-corrected chi connectivity index (χ4v) is 5.25. The number of ether oxygens (including phenoxy) is 2. The number of fused-ring (bicyclic) bond motifs is 3. The molecule has 2 heterocycles. The van der Waals surface area contributed by atoms with E-state index in [1.807, 2.05) is 41.3 Å². The third kappa shape index (κ3) is 4.38. The Morgan fingerprint density at radius 1 is 1.00 bits per heavy atom. The van der Waals surface area contributed by atoms with E-state index in [9.17, 15) is 4.79 Å². The van der Waals surface area contributed by atoms with Crippen molar-refractivity contribution in [2.75, 3.05) is 37.9 Å². The van der Waals surface area contributed by atoms with Gasteiger partial charge in [0.1, 0.15) is 0 Å². The Bertz CT molecular complexity index is 1250. The van der Waals surface area contributed by atoms with Gasteiger partial charge in [0.05, 0.1) is 16.6 Å². The van der Waals surface area contributed by atoms with Crippen LogP contribution in [0.15, 0.2) is 54.6 Å². The maximum Gasteiger partial charge on any atom is 0.233 e. The highest BCUT2D eigenvalue weighted by Crippen LogP contribution is 2.40. The summed E-state index contributed by atoms with van der Waals surface area (Å²) in [6, 6.07) is 18.2. The van der Waals surface area contributed by atoms with Crippen LogP contribution in [0.4, 0.5) is 5.13 Å². The Morgan fingerprint density at radius 2 is 1.76 bits per heavy atom. The fraction of sp³-hybridized carbons (Fsp3) is 0.308. The molecular weight excluding hydrogens is 434 g/mol. The Morgan fingerprint density at radius 3 is 2.58 bits per heavy atom. The molecule has 1 aromatic heterocycles. The number of rotatable bonds is 8. The summed E-state index contributed by atoms with van der Waals surface area (Å²) in [6.07, 6.45) is 0.332. The van der Waals surface area contributed by atoms with Crippen LogP contribution in [0.2, 0.25) is 0 Å². The number of likely N-dealkylation sites (N-methyl/N-ethyl adjacent to an activating group) is 1. The highest BCUT2D eigenvalue weighted by Gasteiger charge is 2.23. The lowest BCUT2D eigenvalue weighted by Gasteiger charge is -2.25. The van der Waals surface area contributed by atoms with E-state index >= 15 is 0 Å². The summed E-state index contributed by atoms with van der Waals surface area (Å²) in [5.41, 5.74) is 1.86. The molecule has 0 aliphatic carbocycles. The number of carbonyl (C=O) groups is 1. The predicted molar refractivity (Wildman–Crippen MR) is 134 cm³/mol. The standard InChI is InChI=1S/C26H27N3O3S/c1-3-28(4-2)12-13-29(25(30)14-19-10-7-9-18-8-5-6-11-20(18)19)26-27-21-15-22-23(32-17-31-22)16-24(21)33-26/h5-11,15-16H,3-4,12-14,17H2,1-2H3. The van der Waals surface area contributed by atoms with Crippen molar-refractivity contribution in [3.05, 3.63) is 60.2 Å². The highest BCUT2D eigenvalue weighted by atomic mass is 32.1. The number of thiazole rings is 1. The molecule has 1 aliphatic rings. The second-order valence-corrected chi connectivity index (χ2v) is 9.07. The number of anilines is 1. The van der Waals surface area contributed by atoms with E-state index in [2.05, 4.69) is 36.9 Å². The van der Waals surface area contributed by atoms with Crippen molar-refractivity contribution >= 4 is 43.4 Å². The van der Waals surface area contributed by atoms with Crippen LogP contribution in [-0.2, 0) is 11.2 Å². The fourth-order valence-electron chi connectivity index (χ4n) is 4.23. The third-order valence-electron chi connectivity index (χ3n) is 6.16. The Kier molecular flexibility index (Phi) is 6.15. The molecule has 1 aliphatic heterocycles. The second kappa shape index (κ2) is 9.37. The zero-order chi connectivity index (χ0) is 22.8. The molecule has 6 nitrogen and oxygen atoms in total. The Labute approximate surface area is 197 Å². The number of hydrogen-bond acceptors (Lipinski definition) is 6. The van der Waals surface area contributed by atoms with Crippen molar-refractivity contribution in [2.24, 2.45) is 0 Å². The topological polar surface area (TPSA) is 54.9 Å². The van der Waals surface area contributed by atoms with Gasteiger partial charge in [0.25, 0.3) is 0 Å². The van der Waals surface area contributed by atoms with Crippen LogP contribution in [0.3, 0.4) is 0 Å². The molecule has 1 amide bonds. The number of hydrogen-bond donors (Lipinski definition) is 0. The molecule has 33 heavy (non-hydrogen) atoms. The first kappa shape index (κ1) is 21.7. The van der Waals surface area contributed by atoms with E-state index in [0.717, 1.165) is 51.9 Å². The van der Waals surface area contributed by atoms with Crippen LogP contribution < -0.4 is 14.4 Å². The van der Waals surface area contributed by atoms with Gasteiger partial charge in [-0.25, -0.2) is 4.98 Å². The quantitative estimate of drug-likeness (QED) is 0.366. The molecule has 7 heteroatoms. The Balaban J connectivity index is 1.47. The maximum absolute atomic E-state index is 13.6. The molecule has 0 bridgehead atoms. The van der Waals surface area contributed by atoms with E-state index in [-0.39, 0.29) is 12.7 Å². The van der Waals surface area contributed by atoms with Gasteiger partial charge in [-0.3, -0.25) is 9.69 Å². The van der Waals surface area contributed by atoms with Crippen molar-refractivity contribution in [2.45, 2.75) is 20.3 Å². The van der Waals surface area contributed by atoms with Crippen molar-refractivity contribution in [3.8, 4) is 11.5 Å². The minimum absolute atomic E-state index is 0.0533. The SMILES string of the molecule is CCN(CC)CCN(C(=O)Cc1cccc2ccccc12)c1nc2cc3c(cc2s1)OCO3. The molecule has 0 saturated heterocycles. The van der Waals surface area contributed by atoms with E-state index in [4.69, 9.17) is 14.5 Å². The summed E-state index contributed by atoms with van der Waals surface area (Å²) in [6.45, 7) is 7.81. The van der Waals surface area contributed by atoms with Gasteiger partial charge in [0.2, 0.25) is 12.7 Å². The smallest absolute Gasteiger partial charge is 0.233 e. The summed E-state index contributed by atoms with van der Waals surface area (Å²) >= 11 is 1.52. The molecule has 0 spiro atoms. The second-order valence-electron chi connectivity index (χ2n) is 8.06. The van der Waals surface area contributed by atoms with Crippen molar-refractivity contribution in [1.29, 1.82) is 0 Å². The van der Waals surface area contributed by atoms with Crippen LogP contribution in [-0.4, -0.2) is 48.8 Å². The van der Waals surface area contributed by atoms with Gasteiger partial charge in [-0.15, -0.1) is 0 Å². The average Bonchev–Trinajstić information content (AvgIpc) is 3.46. The molecule has 170 valence electrons. The minimum atomic E-state index is 0.0533. The normalized spacial score (nSPS) is 12.7. The summed E-state index contributed by atoms with van der Waals surface area (Å²) in [4.78, 5) is 22.6. The number of carbonyl (C=O) groups excluding carboxylic acids is 1. The van der Waals surface area contributed by atoms with Crippen LogP contribution in [0.5, 0.6) is 11.5 Å². The summed E-state index contributed by atoms with van der Waals surface area (Å²) < 4.78 is 12.0. The van der Waals surface area contributed by atoms with Gasteiger partial charge in [-0.2, -0.15) is 0 Å². The van der Waals surface area contributed by atoms with Crippen LogP contribution in [0.25, 0.3) is 21.0 Å². The van der Waals surface area contributed by atoms with Crippen molar-refractivity contribution < 1.29 is 14.3 Å². The van der Waals surface area contributed by atoms with Gasteiger partial charge in [-0.1, -0.05) is 67.6 Å². The van der Waals surface area contributed by atoms with Crippen LogP contribution >= 0.6 is 11.3 Å². The number of benzene rings is 3. The monoisotopic (exact) mass is 461 g/mol. The molecule has 0 unspecified atom stereocenters. The van der Waals surface area contributed by atoms with Crippen LogP contribution in [0.1, 0.15) is 19.4 Å². The number of nitrogens with zero attached hydrogens (tertiary/aromatic N) is 3. The lowest BCUT2D eigenvalue weighted by molar-refractivity contribution is -0.118. The number of aromatic nitrogens is 1. The lowest BCUT2D eigenvalue weighted by atomic mass is 10.0. The molecule has 3 aromatic carbocycles. The largest absolute Gasteiger partial charge is 0.454 e. The summed E-state index contributed by atoms with van der Waals surface area (Å²) in [5.74, 6) is 1.49. The highest BCUT2D eigenvalue weighted by molar-refractivity contribution is 7.22. The minimum Gasteiger partial charge on any atom is -0.454 e. The molecule has 0 N–H and O–H groups in total. The van der Waals surface area contributed by atoms with E-state index < -0.39 is 0 Å². The van der Waals surface area contributed by atoms with E-state index in [0.29, 0.717) is 23.8 Å². The number of amides is 1. The van der Waals surface area contributed by atoms with E-state index in [1.54, 1.807) is 0 Å². The zero-order valence-electron chi connectivity index (χ0n) is 18.9. The first-order valence-corrected chi connectivity index (χ1v) is 12.2. The van der Waals surface area contributed by atoms with Gasteiger partial charge >= 0.3 is 0 Å². The molecule has 0 radical (unpaired) electrons. The summed E-state index contributed by atoms with van der Waals surface area (Å²) in [7, 11) is 0. The predicted octanol–water partition coefficient (Wildman–Crippen LogP) is 5.10. The van der Waals surface area contributed by atoms with Crippen molar-refractivity contribution in [1.82, 2.24) is 9.88 Å². The molecule has 0 saturated carbocycles. The van der Waals surface area contributed by atoms with Crippen molar-refractivity contribution in [3.63, 3.8) is 0 Å². The Hall–Kier alpha value is -3.16. The molecule has 5 rings (SSSR count). The maximum atomic E-state index is 13.6.